The van der Waals surface area contributed by atoms with E-state index >= 15 is 0 Å². The number of sulfonamides is 1. The fraction of sp³-hybridized carbons (Fsp3) is 0.571. The van der Waals surface area contributed by atoms with Gasteiger partial charge in [-0.25, -0.2) is 13.1 Å². The van der Waals surface area contributed by atoms with Crippen LogP contribution in [-0.2, 0) is 10.0 Å². The van der Waals surface area contributed by atoms with Gasteiger partial charge < -0.3 is 10.1 Å². The Morgan fingerprint density at radius 1 is 1.45 bits per heavy atom. The fourth-order valence-electron chi connectivity index (χ4n) is 2.44. The lowest BCUT2D eigenvalue weighted by molar-refractivity contribution is 0.402. The summed E-state index contributed by atoms with van der Waals surface area (Å²) in [7, 11) is -2.04. The highest BCUT2D eigenvalue weighted by Gasteiger charge is 2.20. The molecule has 1 aromatic rings. The SMILES string of the molecule is COc1ccc(C)cc1S(=O)(=O)NCC[C@H]1CCCN1. The molecule has 1 fully saturated rings. The Balaban J connectivity index is 2.03. The van der Waals surface area contributed by atoms with Crippen LogP contribution in [-0.4, -0.2) is 34.7 Å². The molecule has 1 aliphatic rings. The van der Waals surface area contributed by atoms with Gasteiger partial charge in [0.25, 0.3) is 0 Å². The summed E-state index contributed by atoms with van der Waals surface area (Å²) in [5, 5.41) is 3.35. The van der Waals surface area contributed by atoms with Crippen molar-refractivity contribution < 1.29 is 13.2 Å². The lowest BCUT2D eigenvalue weighted by Gasteiger charge is -2.13. The molecular weight excluding hydrogens is 276 g/mol. The number of nitrogens with one attached hydrogen (secondary N) is 2. The van der Waals surface area contributed by atoms with Gasteiger partial charge in [0.2, 0.25) is 10.0 Å². The van der Waals surface area contributed by atoms with Crippen molar-refractivity contribution in [2.75, 3.05) is 20.2 Å². The molecule has 1 aliphatic heterocycles. The summed E-state index contributed by atoms with van der Waals surface area (Å²) < 4.78 is 32.4. The first-order chi connectivity index (χ1) is 9.53. The summed E-state index contributed by atoms with van der Waals surface area (Å²) in [5.41, 5.74) is 0.892. The van der Waals surface area contributed by atoms with Crippen LogP contribution < -0.4 is 14.8 Å². The van der Waals surface area contributed by atoms with E-state index in [1.54, 1.807) is 12.1 Å². The predicted octanol–water partition coefficient (Wildman–Crippen LogP) is 1.42. The minimum absolute atomic E-state index is 0.208. The molecule has 0 saturated carbocycles. The minimum atomic E-state index is -3.52. The number of methoxy groups -OCH3 is 1. The first kappa shape index (κ1) is 15.3. The van der Waals surface area contributed by atoms with Gasteiger partial charge in [0, 0.05) is 12.6 Å². The molecule has 0 aromatic heterocycles. The van der Waals surface area contributed by atoms with Crippen molar-refractivity contribution in [3.05, 3.63) is 23.8 Å². The number of aryl methyl sites for hydroxylation is 1. The van der Waals surface area contributed by atoms with Gasteiger partial charge in [-0.1, -0.05) is 6.07 Å². The van der Waals surface area contributed by atoms with Gasteiger partial charge >= 0.3 is 0 Å². The second-order valence-electron chi connectivity index (χ2n) is 5.13. The molecule has 0 unspecified atom stereocenters. The molecule has 1 aromatic carbocycles. The predicted molar refractivity (Wildman–Crippen MR) is 78.6 cm³/mol. The van der Waals surface area contributed by atoms with Gasteiger partial charge in [-0.2, -0.15) is 0 Å². The monoisotopic (exact) mass is 298 g/mol. The zero-order chi connectivity index (χ0) is 14.6. The quantitative estimate of drug-likeness (QED) is 0.833. The Hall–Kier alpha value is -1.11. The molecule has 20 heavy (non-hydrogen) atoms. The molecule has 0 bridgehead atoms. The van der Waals surface area contributed by atoms with Gasteiger partial charge in [-0.15, -0.1) is 0 Å². The molecule has 112 valence electrons. The summed E-state index contributed by atoms with van der Waals surface area (Å²) >= 11 is 0. The standard InChI is InChI=1S/C14H22N2O3S/c1-11-5-6-13(19-2)14(10-11)20(17,18)16-9-7-12-4-3-8-15-12/h5-6,10,12,15-16H,3-4,7-9H2,1-2H3/t12-/m1/s1. The molecule has 0 amide bonds. The van der Waals surface area contributed by atoms with Crippen LogP contribution in [0, 0.1) is 6.92 Å². The van der Waals surface area contributed by atoms with E-state index in [0.717, 1.165) is 24.9 Å². The third-order valence-electron chi connectivity index (χ3n) is 3.56. The summed E-state index contributed by atoms with van der Waals surface area (Å²) in [6.07, 6.45) is 3.10. The highest BCUT2D eigenvalue weighted by atomic mass is 32.2. The maximum absolute atomic E-state index is 12.3. The number of hydrogen-bond acceptors (Lipinski definition) is 4. The van der Waals surface area contributed by atoms with E-state index in [2.05, 4.69) is 10.0 Å². The Kier molecular flexibility index (Phi) is 5.01. The molecular formula is C14H22N2O3S. The Bertz CT molecular complexity index is 552. The van der Waals surface area contributed by atoms with Crippen LogP contribution in [0.1, 0.15) is 24.8 Å². The van der Waals surface area contributed by atoms with E-state index < -0.39 is 10.0 Å². The maximum Gasteiger partial charge on any atom is 0.244 e. The fourth-order valence-corrected chi connectivity index (χ4v) is 3.74. The van der Waals surface area contributed by atoms with Crippen LogP contribution in [0.15, 0.2) is 23.1 Å². The number of rotatable bonds is 6. The molecule has 2 N–H and O–H groups in total. The topological polar surface area (TPSA) is 67.4 Å². The molecule has 5 nitrogen and oxygen atoms in total. The lowest BCUT2D eigenvalue weighted by Crippen LogP contribution is -2.30. The molecule has 0 radical (unpaired) electrons. The van der Waals surface area contributed by atoms with Crippen LogP contribution in [0.4, 0.5) is 0 Å². The average molecular weight is 298 g/mol. The highest BCUT2D eigenvalue weighted by molar-refractivity contribution is 7.89. The molecule has 1 atom stereocenters. The van der Waals surface area contributed by atoms with Crippen molar-refractivity contribution in [1.82, 2.24) is 10.0 Å². The third-order valence-corrected chi connectivity index (χ3v) is 5.04. The van der Waals surface area contributed by atoms with E-state index in [1.165, 1.54) is 13.5 Å². The van der Waals surface area contributed by atoms with Crippen molar-refractivity contribution >= 4 is 10.0 Å². The third kappa shape index (κ3) is 3.71. The number of hydrogen-bond donors (Lipinski definition) is 2. The molecule has 6 heteroatoms. The molecule has 0 spiro atoms. The minimum Gasteiger partial charge on any atom is -0.495 e. The van der Waals surface area contributed by atoms with E-state index in [1.807, 2.05) is 13.0 Å². The molecule has 0 aliphatic carbocycles. The van der Waals surface area contributed by atoms with E-state index in [9.17, 15) is 8.42 Å². The summed E-state index contributed by atoms with van der Waals surface area (Å²) in [5.74, 6) is 0.377. The van der Waals surface area contributed by atoms with Gasteiger partial charge in [0.15, 0.2) is 0 Å². The van der Waals surface area contributed by atoms with Crippen molar-refractivity contribution in [2.45, 2.75) is 37.1 Å². The maximum atomic E-state index is 12.3. The molecule has 1 saturated heterocycles. The molecule has 1 heterocycles. The Labute approximate surface area is 120 Å². The van der Waals surface area contributed by atoms with Crippen LogP contribution in [0.25, 0.3) is 0 Å². The lowest BCUT2D eigenvalue weighted by atomic mass is 10.2. The van der Waals surface area contributed by atoms with Gasteiger partial charge in [0.1, 0.15) is 10.6 Å². The van der Waals surface area contributed by atoms with Crippen molar-refractivity contribution in [3.63, 3.8) is 0 Å². The number of benzene rings is 1. The van der Waals surface area contributed by atoms with Crippen LogP contribution in [0.2, 0.25) is 0 Å². The van der Waals surface area contributed by atoms with Crippen molar-refractivity contribution in [3.8, 4) is 5.75 Å². The average Bonchev–Trinajstić information content (AvgIpc) is 2.91. The van der Waals surface area contributed by atoms with Crippen LogP contribution in [0.3, 0.4) is 0 Å². The second-order valence-corrected chi connectivity index (χ2v) is 6.87. The van der Waals surface area contributed by atoms with Crippen LogP contribution in [0.5, 0.6) is 5.75 Å². The first-order valence-electron chi connectivity index (χ1n) is 6.90. The summed E-state index contributed by atoms with van der Waals surface area (Å²) in [6, 6.07) is 5.58. The van der Waals surface area contributed by atoms with E-state index in [4.69, 9.17) is 4.74 Å². The second kappa shape index (κ2) is 6.56. The zero-order valence-electron chi connectivity index (χ0n) is 12.0. The van der Waals surface area contributed by atoms with Gasteiger partial charge in [-0.3, -0.25) is 0 Å². The number of ether oxygens (including phenoxy) is 1. The van der Waals surface area contributed by atoms with Crippen molar-refractivity contribution in [1.29, 1.82) is 0 Å². The van der Waals surface area contributed by atoms with E-state index in [0.29, 0.717) is 18.3 Å². The largest absolute Gasteiger partial charge is 0.495 e. The smallest absolute Gasteiger partial charge is 0.244 e. The van der Waals surface area contributed by atoms with Gasteiger partial charge in [-0.05, 0) is 50.4 Å². The zero-order valence-corrected chi connectivity index (χ0v) is 12.8. The first-order valence-corrected chi connectivity index (χ1v) is 8.39. The normalized spacial score (nSPS) is 19.2. The van der Waals surface area contributed by atoms with Crippen LogP contribution >= 0.6 is 0 Å². The van der Waals surface area contributed by atoms with Crippen molar-refractivity contribution in [2.24, 2.45) is 0 Å². The highest BCUT2D eigenvalue weighted by Crippen LogP contribution is 2.24. The Morgan fingerprint density at radius 2 is 2.25 bits per heavy atom. The molecule has 2 rings (SSSR count). The summed E-state index contributed by atoms with van der Waals surface area (Å²) in [4.78, 5) is 0.208. The summed E-state index contributed by atoms with van der Waals surface area (Å²) in [6.45, 7) is 3.33. The Morgan fingerprint density at radius 3 is 2.90 bits per heavy atom. The van der Waals surface area contributed by atoms with E-state index in [-0.39, 0.29) is 4.90 Å². The van der Waals surface area contributed by atoms with Gasteiger partial charge in [0.05, 0.1) is 7.11 Å².